The average Bonchev–Trinajstić information content (AvgIpc) is 3.00. The van der Waals surface area contributed by atoms with Crippen LogP contribution >= 0.6 is 0 Å². The maximum Gasteiger partial charge on any atom is 0.417 e. The Hall–Kier alpha value is -3.28. The SMILES string of the molecule is CCCOc1ccc(/C=C/C(=O)Nc2cccc3oc(=O)[nH]c23)cc1. The van der Waals surface area contributed by atoms with Crippen molar-refractivity contribution < 1.29 is 13.9 Å². The molecule has 0 saturated carbocycles. The molecule has 0 aliphatic heterocycles. The number of H-pyrrole nitrogens is 1. The van der Waals surface area contributed by atoms with Crippen molar-refractivity contribution >= 4 is 28.8 Å². The molecule has 0 fully saturated rings. The van der Waals surface area contributed by atoms with Crippen LogP contribution in [0.15, 0.2) is 57.8 Å². The summed E-state index contributed by atoms with van der Waals surface area (Å²) in [7, 11) is 0. The van der Waals surface area contributed by atoms with Crippen LogP contribution in [-0.4, -0.2) is 17.5 Å². The molecule has 2 aromatic carbocycles. The fourth-order valence-electron chi connectivity index (χ4n) is 2.32. The Kier molecular flexibility index (Phi) is 4.99. The Morgan fingerprint density at radius 1 is 1.24 bits per heavy atom. The predicted octanol–water partition coefficient (Wildman–Crippen LogP) is 3.56. The highest BCUT2D eigenvalue weighted by molar-refractivity contribution is 6.05. The number of anilines is 1. The van der Waals surface area contributed by atoms with Crippen LogP contribution in [0.5, 0.6) is 5.75 Å². The van der Waals surface area contributed by atoms with Gasteiger partial charge in [-0.25, -0.2) is 4.79 Å². The number of aromatic nitrogens is 1. The summed E-state index contributed by atoms with van der Waals surface area (Å²) in [6, 6.07) is 12.5. The molecule has 0 atom stereocenters. The third-order valence-electron chi connectivity index (χ3n) is 3.49. The number of oxazole rings is 1. The van der Waals surface area contributed by atoms with Gasteiger partial charge in [0.2, 0.25) is 5.91 Å². The van der Waals surface area contributed by atoms with Crippen molar-refractivity contribution in [3.8, 4) is 5.75 Å². The van der Waals surface area contributed by atoms with Gasteiger partial charge in [-0.1, -0.05) is 25.1 Å². The first kappa shape index (κ1) is 16.6. The number of carbonyl (C=O) groups excluding carboxylic acids is 1. The van der Waals surface area contributed by atoms with Crippen LogP contribution in [0.25, 0.3) is 17.2 Å². The Bertz CT molecular complexity index is 951. The number of amides is 1. The Balaban J connectivity index is 1.67. The maximum atomic E-state index is 12.1. The van der Waals surface area contributed by atoms with Crippen molar-refractivity contribution in [2.45, 2.75) is 13.3 Å². The van der Waals surface area contributed by atoms with E-state index in [2.05, 4.69) is 17.2 Å². The van der Waals surface area contributed by atoms with Crippen LogP contribution in [0.3, 0.4) is 0 Å². The van der Waals surface area contributed by atoms with Gasteiger partial charge in [0.05, 0.1) is 12.3 Å². The normalized spacial score (nSPS) is 11.1. The molecule has 128 valence electrons. The topological polar surface area (TPSA) is 84.3 Å². The van der Waals surface area contributed by atoms with Gasteiger partial charge in [0, 0.05) is 6.08 Å². The first-order chi connectivity index (χ1) is 12.2. The summed E-state index contributed by atoms with van der Waals surface area (Å²) in [5.41, 5.74) is 2.23. The monoisotopic (exact) mass is 338 g/mol. The van der Waals surface area contributed by atoms with Crippen LogP contribution in [-0.2, 0) is 4.79 Å². The second-order valence-electron chi connectivity index (χ2n) is 5.43. The first-order valence-corrected chi connectivity index (χ1v) is 7.99. The summed E-state index contributed by atoms with van der Waals surface area (Å²) in [6.07, 6.45) is 4.09. The van der Waals surface area contributed by atoms with Crippen LogP contribution < -0.4 is 15.8 Å². The molecule has 1 aromatic heterocycles. The molecule has 0 aliphatic rings. The molecule has 1 heterocycles. The number of hydrogen-bond acceptors (Lipinski definition) is 4. The van der Waals surface area contributed by atoms with Gasteiger partial charge in [0.15, 0.2) is 5.58 Å². The molecule has 0 spiro atoms. The molecule has 2 N–H and O–H groups in total. The van der Waals surface area contributed by atoms with E-state index in [9.17, 15) is 9.59 Å². The van der Waals surface area contributed by atoms with Crippen LogP contribution in [0.1, 0.15) is 18.9 Å². The number of para-hydroxylation sites is 1. The van der Waals surface area contributed by atoms with E-state index in [1.165, 1.54) is 6.08 Å². The van der Waals surface area contributed by atoms with Gasteiger partial charge in [0.25, 0.3) is 0 Å². The number of ether oxygens (including phenoxy) is 1. The molecule has 6 nitrogen and oxygen atoms in total. The van der Waals surface area contributed by atoms with Crippen molar-refractivity contribution in [1.29, 1.82) is 0 Å². The second-order valence-corrected chi connectivity index (χ2v) is 5.43. The molecular formula is C19H18N2O4. The predicted molar refractivity (Wildman–Crippen MR) is 96.7 cm³/mol. The molecule has 1 amide bonds. The van der Waals surface area contributed by atoms with E-state index in [4.69, 9.17) is 9.15 Å². The Labute approximate surface area is 144 Å². The van der Waals surface area contributed by atoms with E-state index in [0.717, 1.165) is 17.7 Å². The number of hydrogen-bond donors (Lipinski definition) is 2. The number of fused-ring (bicyclic) bond motifs is 1. The molecule has 0 saturated heterocycles. The van der Waals surface area contributed by atoms with E-state index in [-0.39, 0.29) is 5.91 Å². The van der Waals surface area contributed by atoms with Crippen LogP contribution in [0.4, 0.5) is 5.69 Å². The van der Waals surface area contributed by atoms with Crippen molar-refractivity contribution in [3.05, 3.63) is 64.7 Å². The highest BCUT2D eigenvalue weighted by Gasteiger charge is 2.07. The van der Waals surface area contributed by atoms with E-state index < -0.39 is 5.76 Å². The molecule has 25 heavy (non-hydrogen) atoms. The van der Waals surface area contributed by atoms with E-state index in [1.54, 1.807) is 24.3 Å². The van der Waals surface area contributed by atoms with Gasteiger partial charge >= 0.3 is 5.76 Å². The number of carbonyl (C=O) groups is 1. The lowest BCUT2D eigenvalue weighted by Gasteiger charge is -2.04. The zero-order valence-corrected chi connectivity index (χ0v) is 13.7. The largest absolute Gasteiger partial charge is 0.494 e. The first-order valence-electron chi connectivity index (χ1n) is 7.99. The van der Waals surface area contributed by atoms with Crippen LogP contribution in [0, 0.1) is 0 Å². The number of nitrogens with one attached hydrogen (secondary N) is 2. The van der Waals surface area contributed by atoms with Gasteiger partial charge in [-0.3, -0.25) is 9.78 Å². The summed E-state index contributed by atoms with van der Waals surface area (Å²) in [5.74, 6) is -0.0578. The van der Waals surface area contributed by atoms with Crippen molar-refractivity contribution in [2.24, 2.45) is 0 Å². The van der Waals surface area contributed by atoms with Crippen LogP contribution in [0.2, 0.25) is 0 Å². The van der Waals surface area contributed by atoms with Crippen molar-refractivity contribution in [2.75, 3.05) is 11.9 Å². The molecular weight excluding hydrogens is 320 g/mol. The zero-order chi connectivity index (χ0) is 17.6. The summed E-state index contributed by atoms with van der Waals surface area (Å²) >= 11 is 0. The molecule has 3 rings (SSSR count). The standard InChI is InChI=1S/C19H18N2O4/c1-2-12-24-14-9-6-13(7-10-14)8-11-17(22)20-15-4-3-5-16-18(15)21-19(23)25-16/h3-11H,2,12H2,1H3,(H,20,22)(H,21,23)/b11-8+. The highest BCUT2D eigenvalue weighted by atomic mass is 16.5. The molecule has 0 unspecified atom stereocenters. The van der Waals surface area contributed by atoms with Gasteiger partial charge in [-0.2, -0.15) is 0 Å². The van der Waals surface area contributed by atoms with E-state index >= 15 is 0 Å². The molecule has 0 aliphatic carbocycles. The molecule has 6 heteroatoms. The van der Waals surface area contributed by atoms with Gasteiger partial charge < -0.3 is 14.5 Å². The van der Waals surface area contributed by atoms with Gasteiger partial charge in [-0.15, -0.1) is 0 Å². The molecule has 3 aromatic rings. The zero-order valence-electron chi connectivity index (χ0n) is 13.7. The smallest absolute Gasteiger partial charge is 0.417 e. The third-order valence-corrected chi connectivity index (χ3v) is 3.49. The third kappa shape index (κ3) is 4.17. The molecule has 0 radical (unpaired) electrons. The average molecular weight is 338 g/mol. The summed E-state index contributed by atoms with van der Waals surface area (Å²) < 4.78 is 10.5. The minimum Gasteiger partial charge on any atom is -0.494 e. The minimum atomic E-state index is -0.558. The second kappa shape index (κ2) is 7.53. The fraction of sp³-hybridized carbons (Fsp3) is 0.158. The molecule has 0 bridgehead atoms. The lowest BCUT2D eigenvalue weighted by molar-refractivity contribution is -0.111. The van der Waals surface area contributed by atoms with E-state index in [0.29, 0.717) is 23.4 Å². The summed E-state index contributed by atoms with van der Waals surface area (Å²) in [5, 5.41) is 2.73. The van der Waals surface area contributed by atoms with E-state index in [1.807, 2.05) is 24.3 Å². The fourth-order valence-corrected chi connectivity index (χ4v) is 2.32. The van der Waals surface area contributed by atoms with Crippen molar-refractivity contribution in [1.82, 2.24) is 4.98 Å². The van der Waals surface area contributed by atoms with Gasteiger partial charge in [-0.05, 0) is 42.3 Å². The Morgan fingerprint density at radius 3 is 2.80 bits per heavy atom. The highest BCUT2D eigenvalue weighted by Crippen LogP contribution is 2.20. The quantitative estimate of drug-likeness (QED) is 0.673. The lowest BCUT2D eigenvalue weighted by Crippen LogP contribution is -2.08. The summed E-state index contributed by atoms with van der Waals surface area (Å²) in [6.45, 7) is 2.73. The Morgan fingerprint density at radius 2 is 2.04 bits per heavy atom. The van der Waals surface area contributed by atoms with Gasteiger partial charge in [0.1, 0.15) is 11.3 Å². The lowest BCUT2D eigenvalue weighted by atomic mass is 10.2. The number of benzene rings is 2. The summed E-state index contributed by atoms with van der Waals surface area (Å²) in [4.78, 5) is 25.9. The number of aromatic amines is 1. The minimum absolute atomic E-state index is 0.305. The maximum absolute atomic E-state index is 12.1. The van der Waals surface area contributed by atoms with Crippen molar-refractivity contribution in [3.63, 3.8) is 0 Å². The number of rotatable bonds is 6.